The monoisotopic (exact) mass is 620 g/mol. The second kappa shape index (κ2) is 12.1. The van der Waals surface area contributed by atoms with E-state index < -0.39 is 35.9 Å². The van der Waals surface area contributed by atoms with Gasteiger partial charge in [-0.3, -0.25) is 9.59 Å². The van der Waals surface area contributed by atoms with E-state index in [2.05, 4.69) is 10.1 Å². The summed E-state index contributed by atoms with van der Waals surface area (Å²) < 4.78 is 59.7. The molecule has 2 N–H and O–H groups in total. The van der Waals surface area contributed by atoms with Gasteiger partial charge in [-0.1, -0.05) is 23.7 Å². The molecule has 0 aromatic heterocycles. The van der Waals surface area contributed by atoms with Gasteiger partial charge in [-0.15, -0.1) is 13.2 Å². The van der Waals surface area contributed by atoms with Gasteiger partial charge in [0.25, 0.3) is 5.91 Å². The number of anilines is 2. The summed E-state index contributed by atoms with van der Waals surface area (Å²) in [4.78, 5) is 26.8. The molecule has 0 saturated heterocycles. The van der Waals surface area contributed by atoms with E-state index in [1.807, 2.05) is 0 Å². The second-order valence-corrected chi connectivity index (χ2v) is 10.6. The maximum Gasteiger partial charge on any atom is 0.573 e. The van der Waals surface area contributed by atoms with Crippen molar-refractivity contribution in [1.82, 2.24) is 0 Å². The molecule has 9 nitrogen and oxygen atoms in total. The molecule has 0 spiro atoms. The molecule has 0 radical (unpaired) electrons. The summed E-state index contributed by atoms with van der Waals surface area (Å²) in [5.41, 5.74) is 1.87. The van der Waals surface area contributed by atoms with Crippen LogP contribution in [-0.4, -0.2) is 50.7 Å². The van der Waals surface area contributed by atoms with Gasteiger partial charge < -0.3 is 34.3 Å². The Morgan fingerprint density at radius 3 is 2.49 bits per heavy atom. The summed E-state index contributed by atoms with van der Waals surface area (Å²) in [5, 5.41) is 12.8. The lowest BCUT2D eigenvalue weighted by Gasteiger charge is -2.27. The number of benzene rings is 3. The van der Waals surface area contributed by atoms with E-state index in [1.165, 1.54) is 37.3 Å². The molecule has 1 amide bonds. The normalized spacial score (nSPS) is 18.0. The number of carboxylic acids is 1. The molecular formula is C30H28ClF3N2O7. The fourth-order valence-electron chi connectivity index (χ4n) is 5.10. The summed E-state index contributed by atoms with van der Waals surface area (Å²) in [6.45, 7) is 0.431. The van der Waals surface area contributed by atoms with Gasteiger partial charge in [0.1, 0.15) is 29.0 Å². The van der Waals surface area contributed by atoms with E-state index in [0.29, 0.717) is 57.6 Å². The fourth-order valence-corrected chi connectivity index (χ4v) is 5.26. The quantitative estimate of drug-likeness (QED) is 0.265. The highest BCUT2D eigenvalue weighted by molar-refractivity contribution is 6.30. The molecule has 3 atom stereocenters. The minimum Gasteiger partial charge on any atom is -0.497 e. The SMILES string of the molecule is COc1cc(NC(C(=O)N2CCc3ccc(OC(F)(F)F)cc32)c2ccc(Cl)cc2OC)cc(OC[C@H]2C[C@@H]2C(=O)O)c1. The summed E-state index contributed by atoms with van der Waals surface area (Å²) in [5.74, 6) is -1.17. The molecule has 13 heteroatoms. The number of nitrogens with zero attached hydrogens (tertiary/aromatic N) is 1. The first kappa shape index (κ1) is 30.1. The Morgan fingerprint density at radius 2 is 1.81 bits per heavy atom. The molecule has 43 heavy (non-hydrogen) atoms. The van der Waals surface area contributed by atoms with Crippen LogP contribution in [0.15, 0.2) is 54.6 Å². The number of fused-ring (bicyclic) bond motifs is 1. The minimum atomic E-state index is -4.89. The molecule has 228 valence electrons. The van der Waals surface area contributed by atoms with Crippen LogP contribution >= 0.6 is 11.6 Å². The molecule has 1 fully saturated rings. The van der Waals surface area contributed by atoms with E-state index in [4.69, 9.17) is 25.8 Å². The summed E-state index contributed by atoms with van der Waals surface area (Å²) in [7, 11) is 2.90. The number of halogens is 4. The number of carboxylic acid groups (broad SMARTS) is 1. The molecule has 3 aromatic carbocycles. The standard InChI is InChI=1S/C30H28ClF3N2O7/c1-40-21-11-19(12-22(13-21)42-15-17-9-24(17)29(38)39)35-27(23-6-4-18(31)10-26(23)41-2)28(37)36-8-7-16-3-5-20(14-25(16)36)43-30(32,33)34/h3-6,10-14,17,24,27,35H,7-9,15H2,1-2H3,(H,38,39)/t17-,24+,27?/m1/s1. The lowest BCUT2D eigenvalue weighted by Crippen LogP contribution is -2.37. The Morgan fingerprint density at radius 1 is 1.05 bits per heavy atom. The van der Waals surface area contributed by atoms with E-state index in [9.17, 15) is 27.9 Å². The van der Waals surface area contributed by atoms with Crippen LogP contribution in [0.5, 0.6) is 23.0 Å². The molecule has 3 aromatic rings. The van der Waals surface area contributed by atoms with E-state index >= 15 is 0 Å². The van der Waals surface area contributed by atoms with Crippen molar-refractivity contribution in [3.05, 3.63) is 70.7 Å². The molecule has 1 unspecified atom stereocenters. The Labute approximate surface area is 250 Å². The number of rotatable bonds is 11. The van der Waals surface area contributed by atoms with Crippen molar-refractivity contribution in [2.75, 3.05) is 37.6 Å². The van der Waals surface area contributed by atoms with Crippen LogP contribution in [0.1, 0.15) is 23.6 Å². The topological polar surface area (TPSA) is 107 Å². The third-order valence-corrected chi connectivity index (χ3v) is 7.57. The van der Waals surface area contributed by atoms with Crippen LogP contribution in [0, 0.1) is 11.8 Å². The lowest BCUT2D eigenvalue weighted by molar-refractivity contribution is -0.274. The number of carbonyl (C=O) groups excluding carboxylic acids is 1. The van der Waals surface area contributed by atoms with Gasteiger partial charge in [-0.25, -0.2) is 0 Å². The van der Waals surface area contributed by atoms with Crippen molar-refractivity contribution in [1.29, 1.82) is 0 Å². The number of hydrogen-bond acceptors (Lipinski definition) is 7. The second-order valence-electron chi connectivity index (χ2n) is 10.2. The summed E-state index contributed by atoms with van der Waals surface area (Å²) >= 11 is 6.19. The number of ether oxygens (including phenoxy) is 4. The first-order valence-corrected chi connectivity index (χ1v) is 13.7. The van der Waals surface area contributed by atoms with Gasteiger partial charge in [0.05, 0.1) is 32.4 Å². The Balaban J connectivity index is 1.47. The number of nitrogens with one attached hydrogen (secondary N) is 1. The fraction of sp³-hybridized carbons (Fsp3) is 0.333. The maximum atomic E-state index is 14.2. The molecule has 2 aliphatic rings. The zero-order valence-electron chi connectivity index (χ0n) is 23.1. The van der Waals surface area contributed by atoms with Crippen molar-refractivity contribution in [3.63, 3.8) is 0 Å². The molecule has 1 saturated carbocycles. The largest absolute Gasteiger partial charge is 0.573 e. The minimum absolute atomic E-state index is 0.103. The van der Waals surface area contributed by atoms with Crippen molar-refractivity contribution in [2.45, 2.75) is 25.2 Å². The van der Waals surface area contributed by atoms with Crippen molar-refractivity contribution < 1.29 is 46.8 Å². The summed E-state index contributed by atoms with van der Waals surface area (Å²) in [6, 6.07) is 12.6. The van der Waals surface area contributed by atoms with Crippen molar-refractivity contribution in [3.8, 4) is 23.0 Å². The molecular weight excluding hydrogens is 593 g/mol. The third kappa shape index (κ3) is 7.02. The predicted octanol–water partition coefficient (Wildman–Crippen LogP) is 6.10. The molecule has 1 heterocycles. The van der Waals surface area contributed by atoms with Gasteiger partial charge in [0.15, 0.2) is 0 Å². The predicted molar refractivity (Wildman–Crippen MR) is 151 cm³/mol. The number of hydrogen-bond donors (Lipinski definition) is 2. The third-order valence-electron chi connectivity index (χ3n) is 7.34. The van der Waals surface area contributed by atoms with Crippen LogP contribution in [0.4, 0.5) is 24.5 Å². The Bertz CT molecular complexity index is 1530. The highest BCUT2D eigenvalue weighted by Gasteiger charge is 2.43. The average Bonchev–Trinajstić information content (AvgIpc) is 3.64. The Hall–Kier alpha value is -4.32. The lowest BCUT2D eigenvalue weighted by atomic mass is 10.0. The molecule has 5 rings (SSSR count). The van der Waals surface area contributed by atoms with E-state index in [0.717, 1.165) is 0 Å². The van der Waals surface area contributed by atoms with Crippen LogP contribution in [0.3, 0.4) is 0 Å². The first-order chi connectivity index (χ1) is 20.5. The van der Waals surface area contributed by atoms with Crippen LogP contribution in [0.2, 0.25) is 5.02 Å². The molecule has 1 aliphatic heterocycles. The number of methoxy groups -OCH3 is 2. The van der Waals surface area contributed by atoms with Crippen molar-refractivity contribution in [2.24, 2.45) is 11.8 Å². The van der Waals surface area contributed by atoms with E-state index in [1.54, 1.807) is 36.4 Å². The molecule has 1 aliphatic carbocycles. The highest BCUT2D eigenvalue weighted by Crippen LogP contribution is 2.41. The van der Waals surface area contributed by atoms with Crippen LogP contribution in [0.25, 0.3) is 0 Å². The number of carbonyl (C=O) groups is 2. The van der Waals surface area contributed by atoms with Crippen LogP contribution < -0.4 is 29.2 Å². The number of amides is 1. The number of aliphatic carboxylic acids is 1. The zero-order chi connectivity index (χ0) is 30.9. The molecule has 0 bridgehead atoms. The van der Waals surface area contributed by atoms with Gasteiger partial charge >= 0.3 is 12.3 Å². The average molecular weight is 621 g/mol. The van der Waals surface area contributed by atoms with Crippen LogP contribution in [-0.2, 0) is 16.0 Å². The smallest absolute Gasteiger partial charge is 0.497 e. The Kier molecular flexibility index (Phi) is 8.50. The van der Waals surface area contributed by atoms with Crippen molar-refractivity contribution >= 4 is 34.9 Å². The van der Waals surface area contributed by atoms with Gasteiger partial charge in [-0.2, -0.15) is 0 Å². The van der Waals surface area contributed by atoms with Gasteiger partial charge in [0, 0.05) is 53.0 Å². The van der Waals surface area contributed by atoms with Gasteiger partial charge in [-0.05, 0) is 36.6 Å². The maximum absolute atomic E-state index is 14.2. The summed E-state index contributed by atoms with van der Waals surface area (Å²) in [6.07, 6.45) is -3.92. The highest BCUT2D eigenvalue weighted by atomic mass is 35.5. The van der Waals surface area contributed by atoms with E-state index in [-0.39, 0.29) is 19.1 Å². The van der Waals surface area contributed by atoms with Gasteiger partial charge in [0.2, 0.25) is 0 Å². The first-order valence-electron chi connectivity index (χ1n) is 13.3. The zero-order valence-corrected chi connectivity index (χ0v) is 23.9. The number of alkyl halides is 3.